The van der Waals surface area contributed by atoms with Crippen LogP contribution < -0.4 is 5.32 Å². The minimum atomic E-state index is -1.09. The molecular weight excluding hydrogens is 247 g/mol. The normalized spacial score (nSPS) is 17.5. The van der Waals surface area contributed by atoms with E-state index in [1.165, 1.54) is 12.1 Å². The molecular formula is C14H15FN2O2. The second-order valence-electron chi connectivity index (χ2n) is 4.88. The van der Waals surface area contributed by atoms with Gasteiger partial charge in [-0.25, -0.2) is 9.18 Å². The lowest BCUT2D eigenvalue weighted by Gasteiger charge is -2.35. The average Bonchev–Trinajstić information content (AvgIpc) is 2.42. The van der Waals surface area contributed by atoms with E-state index in [0.29, 0.717) is 12.8 Å². The third-order valence-electron chi connectivity index (χ3n) is 3.59. The van der Waals surface area contributed by atoms with E-state index in [1.807, 2.05) is 6.07 Å². The highest BCUT2D eigenvalue weighted by atomic mass is 19.1. The standard InChI is InChI=1S/C14H15FN2O2/c15-11-8-10(9-16)4-5-12(11)17-14(13(18)19)6-2-1-3-7-14/h4-5,8,17H,1-3,6-7H2,(H,18,19). The number of nitriles is 1. The molecule has 1 saturated carbocycles. The van der Waals surface area contributed by atoms with Gasteiger partial charge >= 0.3 is 5.97 Å². The molecule has 0 bridgehead atoms. The van der Waals surface area contributed by atoms with Crippen molar-refractivity contribution in [3.63, 3.8) is 0 Å². The van der Waals surface area contributed by atoms with Crippen LogP contribution in [0.4, 0.5) is 10.1 Å². The van der Waals surface area contributed by atoms with E-state index in [9.17, 15) is 14.3 Å². The molecule has 0 saturated heterocycles. The van der Waals surface area contributed by atoms with Gasteiger partial charge in [0.25, 0.3) is 0 Å². The molecule has 19 heavy (non-hydrogen) atoms. The number of hydrogen-bond donors (Lipinski definition) is 2. The maximum atomic E-state index is 13.8. The summed E-state index contributed by atoms with van der Waals surface area (Å²) in [5.41, 5.74) is -0.730. The van der Waals surface area contributed by atoms with Crippen LogP contribution in [0.15, 0.2) is 18.2 Å². The van der Waals surface area contributed by atoms with Crippen molar-refractivity contribution >= 4 is 11.7 Å². The van der Waals surface area contributed by atoms with Gasteiger partial charge in [-0.05, 0) is 31.0 Å². The second kappa shape index (κ2) is 5.27. The fourth-order valence-electron chi connectivity index (χ4n) is 2.49. The molecule has 100 valence electrons. The summed E-state index contributed by atoms with van der Waals surface area (Å²) in [4.78, 5) is 11.5. The quantitative estimate of drug-likeness (QED) is 0.878. The largest absolute Gasteiger partial charge is 0.480 e. The van der Waals surface area contributed by atoms with Gasteiger partial charge in [-0.3, -0.25) is 0 Å². The molecule has 0 unspecified atom stereocenters. The number of carbonyl (C=O) groups is 1. The highest BCUT2D eigenvalue weighted by Crippen LogP contribution is 2.33. The lowest BCUT2D eigenvalue weighted by atomic mass is 9.81. The molecule has 0 radical (unpaired) electrons. The number of benzene rings is 1. The minimum absolute atomic E-state index is 0.142. The number of anilines is 1. The first-order chi connectivity index (χ1) is 9.07. The number of nitrogens with zero attached hydrogens (tertiary/aromatic N) is 1. The Balaban J connectivity index is 2.27. The fourth-order valence-corrected chi connectivity index (χ4v) is 2.49. The monoisotopic (exact) mass is 262 g/mol. The number of carboxylic acids is 1. The summed E-state index contributed by atoms with van der Waals surface area (Å²) in [6.07, 6.45) is 3.62. The van der Waals surface area contributed by atoms with E-state index in [4.69, 9.17) is 5.26 Å². The van der Waals surface area contributed by atoms with E-state index in [1.54, 1.807) is 0 Å². The van der Waals surface area contributed by atoms with Gasteiger partial charge in [0.05, 0.1) is 17.3 Å². The third kappa shape index (κ3) is 2.68. The molecule has 0 atom stereocenters. The lowest BCUT2D eigenvalue weighted by Crippen LogP contribution is -2.48. The third-order valence-corrected chi connectivity index (χ3v) is 3.59. The molecule has 1 aromatic rings. The van der Waals surface area contributed by atoms with E-state index >= 15 is 0 Å². The average molecular weight is 262 g/mol. The van der Waals surface area contributed by atoms with Gasteiger partial charge in [0.2, 0.25) is 0 Å². The summed E-state index contributed by atoms with van der Waals surface area (Å²) in [6, 6.07) is 5.86. The van der Waals surface area contributed by atoms with Crippen LogP contribution in [0, 0.1) is 17.1 Å². The Labute approximate surface area is 110 Å². The highest BCUT2D eigenvalue weighted by molar-refractivity contribution is 5.83. The molecule has 0 spiro atoms. The fraction of sp³-hybridized carbons (Fsp3) is 0.429. The van der Waals surface area contributed by atoms with Crippen molar-refractivity contribution < 1.29 is 14.3 Å². The Bertz CT molecular complexity index is 531. The Morgan fingerprint density at radius 1 is 1.37 bits per heavy atom. The molecule has 0 aromatic heterocycles. The number of carboxylic acid groups (broad SMARTS) is 1. The first-order valence-electron chi connectivity index (χ1n) is 6.29. The van der Waals surface area contributed by atoms with Gasteiger partial charge < -0.3 is 10.4 Å². The van der Waals surface area contributed by atoms with Crippen molar-refractivity contribution in [3.05, 3.63) is 29.6 Å². The molecule has 2 rings (SSSR count). The van der Waals surface area contributed by atoms with Crippen LogP contribution in [-0.4, -0.2) is 16.6 Å². The predicted octanol–water partition coefficient (Wildman–Crippen LogP) is 2.90. The van der Waals surface area contributed by atoms with Gasteiger partial charge in [0.1, 0.15) is 11.4 Å². The summed E-state index contributed by atoms with van der Waals surface area (Å²) in [5, 5.41) is 20.9. The van der Waals surface area contributed by atoms with Crippen molar-refractivity contribution in [1.82, 2.24) is 0 Å². The van der Waals surface area contributed by atoms with Crippen molar-refractivity contribution in [1.29, 1.82) is 5.26 Å². The zero-order chi connectivity index (χ0) is 13.9. The van der Waals surface area contributed by atoms with Crippen LogP contribution in [0.1, 0.15) is 37.7 Å². The summed E-state index contributed by atoms with van der Waals surface area (Å²) >= 11 is 0. The SMILES string of the molecule is N#Cc1ccc(NC2(C(=O)O)CCCCC2)c(F)c1. The maximum absolute atomic E-state index is 13.8. The summed E-state index contributed by atoms with van der Waals surface area (Å²) in [7, 11) is 0. The lowest BCUT2D eigenvalue weighted by molar-refractivity contribution is -0.143. The van der Waals surface area contributed by atoms with Gasteiger partial charge in [-0.2, -0.15) is 5.26 Å². The van der Waals surface area contributed by atoms with Crippen LogP contribution in [0.2, 0.25) is 0 Å². The van der Waals surface area contributed by atoms with Crippen LogP contribution in [0.25, 0.3) is 0 Å². The van der Waals surface area contributed by atoms with Crippen LogP contribution in [-0.2, 0) is 4.79 Å². The summed E-state index contributed by atoms with van der Waals surface area (Å²) in [5.74, 6) is -1.54. The van der Waals surface area contributed by atoms with Crippen LogP contribution in [0.3, 0.4) is 0 Å². The molecule has 2 N–H and O–H groups in total. The first-order valence-corrected chi connectivity index (χ1v) is 6.29. The van der Waals surface area contributed by atoms with Crippen LogP contribution in [0.5, 0.6) is 0 Å². The molecule has 0 heterocycles. The summed E-state index contributed by atoms with van der Waals surface area (Å²) < 4.78 is 13.8. The number of rotatable bonds is 3. The smallest absolute Gasteiger partial charge is 0.329 e. The zero-order valence-corrected chi connectivity index (χ0v) is 10.4. The Hall–Kier alpha value is -2.09. The van der Waals surface area contributed by atoms with E-state index in [0.717, 1.165) is 25.3 Å². The summed E-state index contributed by atoms with van der Waals surface area (Å²) in [6.45, 7) is 0. The number of aliphatic carboxylic acids is 1. The molecule has 1 fully saturated rings. The number of hydrogen-bond acceptors (Lipinski definition) is 3. The molecule has 0 aliphatic heterocycles. The molecule has 1 aromatic carbocycles. The van der Waals surface area contributed by atoms with Crippen molar-refractivity contribution in [2.75, 3.05) is 5.32 Å². The molecule has 1 aliphatic rings. The number of nitrogens with one attached hydrogen (secondary N) is 1. The van der Waals surface area contributed by atoms with E-state index in [-0.39, 0.29) is 11.3 Å². The van der Waals surface area contributed by atoms with Gasteiger partial charge in [-0.15, -0.1) is 0 Å². The Morgan fingerprint density at radius 2 is 2.05 bits per heavy atom. The topological polar surface area (TPSA) is 73.1 Å². The zero-order valence-electron chi connectivity index (χ0n) is 10.4. The molecule has 5 heteroatoms. The first kappa shape index (κ1) is 13.3. The van der Waals surface area contributed by atoms with Crippen molar-refractivity contribution in [2.45, 2.75) is 37.6 Å². The van der Waals surface area contributed by atoms with Crippen molar-refractivity contribution in [3.8, 4) is 6.07 Å². The minimum Gasteiger partial charge on any atom is -0.480 e. The predicted molar refractivity (Wildman–Crippen MR) is 68.2 cm³/mol. The van der Waals surface area contributed by atoms with Gasteiger partial charge in [0.15, 0.2) is 0 Å². The molecule has 4 nitrogen and oxygen atoms in total. The van der Waals surface area contributed by atoms with Crippen LogP contribution >= 0.6 is 0 Å². The number of halogens is 1. The van der Waals surface area contributed by atoms with E-state index < -0.39 is 17.3 Å². The molecule has 1 aliphatic carbocycles. The maximum Gasteiger partial charge on any atom is 0.329 e. The highest BCUT2D eigenvalue weighted by Gasteiger charge is 2.39. The van der Waals surface area contributed by atoms with Gasteiger partial charge in [-0.1, -0.05) is 19.3 Å². The van der Waals surface area contributed by atoms with Crippen molar-refractivity contribution in [2.24, 2.45) is 0 Å². The Morgan fingerprint density at radius 3 is 2.58 bits per heavy atom. The second-order valence-corrected chi connectivity index (χ2v) is 4.88. The van der Waals surface area contributed by atoms with Gasteiger partial charge in [0, 0.05) is 0 Å². The van der Waals surface area contributed by atoms with E-state index in [2.05, 4.69) is 5.32 Å². The Kier molecular flexibility index (Phi) is 3.70. The molecule has 0 amide bonds.